The summed E-state index contributed by atoms with van der Waals surface area (Å²) in [6.45, 7) is 16.1. The SMILES string of the molecule is C=C(N)c1cc(Cn2c3cc(C)c(C)cc3c3c4ccccc4oc(=O)c32)c(F)cc1N.CC.CCC. The third kappa shape index (κ3) is 5.10. The van der Waals surface area contributed by atoms with Crippen molar-refractivity contribution in [3.05, 3.63) is 93.6 Å². The molecule has 3 aromatic carbocycles. The molecule has 0 aliphatic carbocycles. The van der Waals surface area contributed by atoms with Crippen LogP contribution in [0.4, 0.5) is 10.1 Å². The minimum absolute atomic E-state index is 0.109. The van der Waals surface area contributed by atoms with Gasteiger partial charge in [0.15, 0.2) is 0 Å². The second-order valence-corrected chi connectivity index (χ2v) is 8.91. The van der Waals surface area contributed by atoms with Crippen molar-refractivity contribution >= 4 is 44.2 Å². The first-order valence-electron chi connectivity index (χ1n) is 12.7. The van der Waals surface area contributed by atoms with Crippen LogP contribution in [0.2, 0.25) is 0 Å². The van der Waals surface area contributed by atoms with E-state index < -0.39 is 11.4 Å². The van der Waals surface area contributed by atoms with Crippen LogP contribution in [0.15, 0.2) is 64.3 Å². The van der Waals surface area contributed by atoms with Gasteiger partial charge in [0.1, 0.15) is 16.9 Å². The van der Waals surface area contributed by atoms with Crippen LogP contribution in [-0.2, 0) is 6.54 Å². The van der Waals surface area contributed by atoms with Gasteiger partial charge in [-0.05, 0) is 55.3 Å². The molecule has 0 amide bonds. The number of fused-ring (bicyclic) bond motifs is 5. The Balaban J connectivity index is 0.000000711. The Hall–Kier alpha value is -4.06. The summed E-state index contributed by atoms with van der Waals surface area (Å²) in [6, 6.07) is 14.4. The van der Waals surface area contributed by atoms with E-state index in [1.807, 2.05) is 56.5 Å². The maximum absolute atomic E-state index is 14.9. The van der Waals surface area contributed by atoms with Gasteiger partial charge in [0.2, 0.25) is 0 Å². The van der Waals surface area contributed by atoms with Crippen molar-refractivity contribution in [1.82, 2.24) is 4.57 Å². The Morgan fingerprint density at radius 1 is 1.03 bits per heavy atom. The Kier molecular flexibility index (Phi) is 8.43. The number of benzene rings is 3. The number of hydrogen-bond donors (Lipinski definition) is 2. The van der Waals surface area contributed by atoms with Crippen LogP contribution >= 0.6 is 0 Å². The number of aromatic nitrogens is 1. The third-order valence-electron chi connectivity index (χ3n) is 6.12. The monoisotopic (exact) mass is 501 g/mol. The molecule has 2 aromatic heterocycles. The van der Waals surface area contributed by atoms with E-state index in [1.54, 1.807) is 12.1 Å². The van der Waals surface area contributed by atoms with Crippen LogP contribution < -0.4 is 17.1 Å². The van der Waals surface area contributed by atoms with Gasteiger partial charge in [-0.1, -0.05) is 58.9 Å². The summed E-state index contributed by atoms with van der Waals surface area (Å²) in [7, 11) is 0. The van der Waals surface area contributed by atoms with E-state index >= 15 is 0 Å². The highest BCUT2D eigenvalue weighted by Gasteiger charge is 2.20. The minimum atomic E-state index is -0.475. The first kappa shape index (κ1) is 27.5. The molecule has 0 aliphatic rings. The van der Waals surface area contributed by atoms with Gasteiger partial charge in [0.05, 0.1) is 6.54 Å². The number of halogens is 1. The number of rotatable bonds is 3. The fourth-order valence-corrected chi connectivity index (χ4v) is 4.37. The summed E-state index contributed by atoms with van der Waals surface area (Å²) in [5.41, 5.74) is 16.5. The number of anilines is 1. The predicted octanol–water partition coefficient (Wildman–Crippen LogP) is 7.66. The van der Waals surface area contributed by atoms with E-state index in [4.69, 9.17) is 15.9 Å². The van der Waals surface area contributed by atoms with Gasteiger partial charge >= 0.3 is 5.63 Å². The molecule has 0 fully saturated rings. The smallest absolute Gasteiger partial charge is 0.361 e. The summed E-state index contributed by atoms with van der Waals surface area (Å²) in [6.07, 6.45) is 1.25. The third-order valence-corrected chi connectivity index (χ3v) is 6.12. The topological polar surface area (TPSA) is 87.2 Å². The van der Waals surface area contributed by atoms with Crippen LogP contribution in [0.1, 0.15) is 56.4 Å². The maximum Gasteiger partial charge on any atom is 0.361 e. The fraction of sp³-hybridized carbons (Fsp3) is 0.258. The van der Waals surface area contributed by atoms with Crippen molar-refractivity contribution in [2.24, 2.45) is 5.73 Å². The molecule has 5 rings (SSSR count). The highest BCUT2D eigenvalue weighted by atomic mass is 19.1. The Morgan fingerprint density at radius 3 is 2.30 bits per heavy atom. The van der Waals surface area contributed by atoms with Crippen LogP contribution in [-0.4, -0.2) is 4.57 Å². The number of nitrogens with zero attached hydrogens (tertiary/aromatic N) is 1. The van der Waals surface area contributed by atoms with Gasteiger partial charge in [-0.2, -0.15) is 0 Å². The maximum atomic E-state index is 14.9. The Bertz CT molecular complexity index is 1660. The summed E-state index contributed by atoms with van der Waals surface area (Å²) in [5, 5.41) is 2.56. The van der Waals surface area contributed by atoms with Crippen molar-refractivity contribution in [2.75, 3.05) is 5.73 Å². The van der Waals surface area contributed by atoms with Gasteiger partial charge in [-0.3, -0.25) is 0 Å². The van der Waals surface area contributed by atoms with Crippen LogP contribution in [0, 0.1) is 19.7 Å². The number of aryl methyl sites for hydroxylation is 2. The van der Waals surface area contributed by atoms with Gasteiger partial charge in [0.25, 0.3) is 0 Å². The molecular formula is C31H36FN3O2. The van der Waals surface area contributed by atoms with Crippen molar-refractivity contribution in [3.8, 4) is 0 Å². The number of nitrogen functional groups attached to an aromatic ring is 1. The number of para-hydroxylation sites is 1. The van der Waals surface area contributed by atoms with E-state index in [1.165, 1.54) is 12.5 Å². The highest BCUT2D eigenvalue weighted by Crippen LogP contribution is 2.35. The normalized spacial score (nSPS) is 10.7. The molecule has 2 heterocycles. The molecule has 0 aliphatic heterocycles. The molecule has 0 saturated heterocycles. The second-order valence-electron chi connectivity index (χ2n) is 8.91. The highest BCUT2D eigenvalue weighted by molar-refractivity contribution is 6.19. The van der Waals surface area contributed by atoms with Gasteiger partial charge in [-0.25, -0.2) is 9.18 Å². The molecule has 194 valence electrons. The van der Waals surface area contributed by atoms with Crippen molar-refractivity contribution in [2.45, 2.75) is 54.5 Å². The first-order chi connectivity index (χ1) is 17.7. The Labute approximate surface area is 217 Å². The number of hydrogen-bond acceptors (Lipinski definition) is 4. The lowest BCUT2D eigenvalue weighted by molar-refractivity contribution is 0.563. The van der Waals surface area contributed by atoms with Crippen molar-refractivity contribution < 1.29 is 8.81 Å². The Morgan fingerprint density at radius 2 is 1.65 bits per heavy atom. The van der Waals surface area contributed by atoms with Crippen LogP contribution in [0.5, 0.6) is 0 Å². The standard InChI is InChI=1S/C26H22FN3O2.C3H8.C2H6/c1-13-8-19-22(9-14(13)2)30(12-16-10-18(15(3)28)21(29)11-20(16)27)25-24(19)17-6-4-5-7-23(17)32-26(25)31;1-3-2;1-2/h4-11H,3,12,28-29H2,1-2H3;3H2,1-2H3;1-2H3. The molecule has 5 nitrogen and oxygen atoms in total. The zero-order valence-corrected chi connectivity index (χ0v) is 22.5. The summed E-state index contributed by atoms with van der Waals surface area (Å²) < 4.78 is 22.4. The van der Waals surface area contributed by atoms with Crippen molar-refractivity contribution in [1.29, 1.82) is 0 Å². The quantitative estimate of drug-likeness (QED) is 0.196. The average molecular weight is 502 g/mol. The molecule has 6 heteroatoms. The minimum Gasteiger partial charge on any atom is -0.421 e. The van der Waals surface area contributed by atoms with E-state index in [2.05, 4.69) is 26.5 Å². The number of nitrogens with two attached hydrogens (primary N) is 2. The lowest BCUT2D eigenvalue weighted by Crippen LogP contribution is -2.10. The summed E-state index contributed by atoms with van der Waals surface area (Å²) >= 11 is 0. The summed E-state index contributed by atoms with van der Waals surface area (Å²) in [4.78, 5) is 13.1. The van der Waals surface area contributed by atoms with Crippen LogP contribution in [0.25, 0.3) is 38.5 Å². The molecule has 0 spiro atoms. The molecular weight excluding hydrogens is 465 g/mol. The molecule has 0 bridgehead atoms. The van der Waals surface area contributed by atoms with Crippen molar-refractivity contribution in [3.63, 3.8) is 0 Å². The van der Waals surface area contributed by atoms with Crippen LogP contribution in [0.3, 0.4) is 0 Å². The molecule has 0 atom stereocenters. The fourth-order valence-electron chi connectivity index (χ4n) is 4.37. The molecule has 37 heavy (non-hydrogen) atoms. The summed E-state index contributed by atoms with van der Waals surface area (Å²) in [5.74, 6) is -0.475. The van der Waals surface area contributed by atoms with E-state index in [-0.39, 0.29) is 17.9 Å². The van der Waals surface area contributed by atoms with Gasteiger partial charge in [-0.15, -0.1) is 0 Å². The zero-order valence-electron chi connectivity index (χ0n) is 22.5. The first-order valence-corrected chi connectivity index (χ1v) is 12.7. The lowest BCUT2D eigenvalue weighted by atomic mass is 10.0. The molecule has 0 unspecified atom stereocenters. The van der Waals surface area contributed by atoms with E-state index in [9.17, 15) is 9.18 Å². The molecule has 4 N–H and O–H groups in total. The van der Waals surface area contributed by atoms with E-state index in [0.717, 1.165) is 32.8 Å². The lowest BCUT2D eigenvalue weighted by Gasteiger charge is -2.13. The molecule has 0 saturated carbocycles. The predicted molar refractivity (Wildman–Crippen MR) is 155 cm³/mol. The van der Waals surface area contributed by atoms with Gasteiger partial charge < -0.3 is 20.5 Å². The largest absolute Gasteiger partial charge is 0.421 e. The van der Waals surface area contributed by atoms with Gasteiger partial charge in [0, 0.05) is 44.2 Å². The second kappa shape index (κ2) is 11.3. The van der Waals surface area contributed by atoms with E-state index in [0.29, 0.717) is 22.2 Å². The zero-order chi connectivity index (χ0) is 27.4. The molecule has 0 radical (unpaired) electrons. The molecule has 5 aromatic rings. The average Bonchev–Trinajstić information content (AvgIpc) is 3.16.